The first-order valence-electron chi connectivity index (χ1n) is 8.35. The van der Waals surface area contributed by atoms with E-state index in [0.717, 1.165) is 17.0 Å². The van der Waals surface area contributed by atoms with Crippen LogP contribution in [0.5, 0.6) is 0 Å². The van der Waals surface area contributed by atoms with Crippen LogP contribution < -0.4 is 5.32 Å². The lowest BCUT2D eigenvalue weighted by Gasteiger charge is -2.36. The Labute approximate surface area is 139 Å². The Hall–Kier alpha value is -0.120. The van der Waals surface area contributed by atoms with Gasteiger partial charge in [0.05, 0.1) is 0 Å². The fourth-order valence-electron chi connectivity index (χ4n) is 3.13. The monoisotopic (exact) mass is 323 g/mol. The van der Waals surface area contributed by atoms with Gasteiger partial charge in [-0.05, 0) is 37.8 Å². The third kappa shape index (κ3) is 5.54. The van der Waals surface area contributed by atoms with E-state index in [4.69, 9.17) is 0 Å². The maximum absolute atomic E-state index is 3.77. The van der Waals surface area contributed by atoms with Crippen molar-refractivity contribution in [2.24, 2.45) is 0 Å². The first-order chi connectivity index (χ1) is 10.3. The Morgan fingerprint density at radius 2 is 1.90 bits per heavy atom. The van der Waals surface area contributed by atoms with Gasteiger partial charge < -0.3 is 5.32 Å². The summed E-state index contributed by atoms with van der Waals surface area (Å²) in [5, 5.41) is 5.40. The molecule has 1 saturated heterocycles. The van der Waals surface area contributed by atoms with Gasteiger partial charge in [-0.2, -0.15) is 23.5 Å². The van der Waals surface area contributed by atoms with Crippen LogP contribution >= 0.6 is 23.5 Å². The molecule has 21 heavy (non-hydrogen) atoms. The molecule has 1 aliphatic heterocycles. The van der Waals surface area contributed by atoms with Crippen molar-refractivity contribution in [3.05, 3.63) is 35.9 Å². The molecule has 3 heteroatoms. The first-order valence-corrected chi connectivity index (χ1v) is 10.5. The number of aryl methyl sites for hydroxylation is 1. The third-order valence-corrected chi connectivity index (χ3v) is 7.59. The van der Waals surface area contributed by atoms with E-state index < -0.39 is 0 Å². The van der Waals surface area contributed by atoms with Gasteiger partial charge in [0.25, 0.3) is 0 Å². The van der Waals surface area contributed by atoms with E-state index in [1.807, 2.05) is 0 Å². The molecule has 0 aromatic heterocycles. The van der Waals surface area contributed by atoms with Crippen molar-refractivity contribution in [1.82, 2.24) is 5.32 Å². The SMILES string of the molecule is CCNC(CCCc1ccccc1)C1SCCSC1CC. The minimum atomic E-state index is 0.682. The van der Waals surface area contributed by atoms with Crippen LogP contribution in [-0.2, 0) is 6.42 Å². The maximum Gasteiger partial charge on any atom is 0.0320 e. The predicted molar refractivity (Wildman–Crippen MR) is 99.6 cm³/mol. The van der Waals surface area contributed by atoms with Gasteiger partial charge in [-0.3, -0.25) is 0 Å². The molecule has 0 amide bonds. The van der Waals surface area contributed by atoms with E-state index in [9.17, 15) is 0 Å². The summed E-state index contributed by atoms with van der Waals surface area (Å²) in [6.07, 6.45) is 5.12. The van der Waals surface area contributed by atoms with Crippen LogP contribution in [0.3, 0.4) is 0 Å². The lowest BCUT2D eigenvalue weighted by atomic mass is 10.00. The van der Waals surface area contributed by atoms with E-state index in [0.29, 0.717) is 6.04 Å². The summed E-state index contributed by atoms with van der Waals surface area (Å²) < 4.78 is 0. The van der Waals surface area contributed by atoms with Crippen LogP contribution in [0.1, 0.15) is 38.7 Å². The lowest BCUT2D eigenvalue weighted by molar-refractivity contribution is 0.452. The highest BCUT2D eigenvalue weighted by Crippen LogP contribution is 2.36. The number of thioether (sulfide) groups is 2. The molecule has 1 heterocycles. The average Bonchev–Trinajstić information content (AvgIpc) is 2.55. The second kappa shape index (κ2) is 9.81. The topological polar surface area (TPSA) is 12.0 Å². The number of hydrogen-bond donors (Lipinski definition) is 1. The van der Waals surface area contributed by atoms with Crippen LogP contribution in [-0.4, -0.2) is 34.6 Å². The number of benzene rings is 1. The second-order valence-electron chi connectivity index (χ2n) is 5.69. The molecule has 0 radical (unpaired) electrons. The Morgan fingerprint density at radius 3 is 2.62 bits per heavy atom. The second-order valence-corrected chi connectivity index (χ2v) is 8.33. The molecule has 1 N–H and O–H groups in total. The smallest absolute Gasteiger partial charge is 0.0320 e. The van der Waals surface area contributed by atoms with Crippen LogP contribution in [0, 0.1) is 0 Å². The Morgan fingerprint density at radius 1 is 1.14 bits per heavy atom. The van der Waals surface area contributed by atoms with E-state index in [-0.39, 0.29) is 0 Å². The summed E-state index contributed by atoms with van der Waals surface area (Å²) >= 11 is 4.40. The zero-order chi connectivity index (χ0) is 14.9. The predicted octanol–water partition coefficient (Wildman–Crippen LogP) is 4.61. The summed E-state index contributed by atoms with van der Waals surface area (Å²) in [6.45, 7) is 5.68. The molecule has 0 aliphatic carbocycles. The van der Waals surface area contributed by atoms with Crippen LogP contribution in [0.2, 0.25) is 0 Å². The summed E-state index contributed by atoms with van der Waals surface area (Å²) in [6, 6.07) is 11.6. The zero-order valence-electron chi connectivity index (χ0n) is 13.4. The molecule has 1 aromatic rings. The third-order valence-electron chi connectivity index (χ3n) is 4.18. The van der Waals surface area contributed by atoms with Crippen molar-refractivity contribution in [3.63, 3.8) is 0 Å². The zero-order valence-corrected chi connectivity index (χ0v) is 15.0. The molecule has 3 atom stereocenters. The van der Waals surface area contributed by atoms with Crippen molar-refractivity contribution in [2.75, 3.05) is 18.1 Å². The number of rotatable bonds is 8. The highest BCUT2D eigenvalue weighted by molar-refractivity contribution is 8.07. The van der Waals surface area contributed by atoms with Gasteiger partial charge in [0, 0.05) is 28.0 Å². The van der Waals surface area contributed by atoms with Crippen molar-refractivity contribution < 1.29 is 0 Å². The number of nitrogens with one attached hydrogen (secondary N) is 1. The summed E-state index contributed by atoms with van der Waals surface area (Å²) in [4.78, 5) is 0. The highest BCUT2D eigenvalue weighted by Gasteiger charge is 2.31. The standard InChI is InChI=1S/C18H29NS2/c1-3-17-18(21-14-13-20-17)16(19-4-2)12-8-11-15-9-6-5-7-10-15/h5-7,9-10,16-19H,3-4,8,11-14H2,1-2H3. The van der Waals surface area contributed by atoms with Gasteiger partial charge in [-0.15, -0.1) is 0 Å². The molecular weight excluding hydrogens is 294 g/mol. The molecule has 1 aromatic carbocycles. The van der Waals surface area contributed by atoms with E-state index in [1.165, 1.54) is 42.8 Å². The molecule has 1 fully saturated rings. The van der Waals surface area contributed by atoms with Crippen molar-refractivity contribution in [3.8, 4) is 0 Å². The van der Waals surface area contributed by atoms with Gasteiger partial charge in [0.2, 0.25) is 0 Å². The van der Waals surface area contributed by atoms with Crippen LogP contribution in [0.4, 0.5) is 0 Å². The Balaban J connectivity index is 1.85. The summed E-state index contributed by atoms with van der Waals surface area (Å²) in [7, 11) is 0. The van der Waals surface area contributed by atoms with Crippen molar-refractivity contribution in [2.45, 2.75) is 56.1 Å². The van der Waals surface area contributed by atoms with Gasteiger partial charge >= 0.3 is 0 Å². The van der Waals surface area contributed by atoms with Gasteiger partial charge in [-0.1, -0.05) is 44.2 Å². The molecule has 2 rings (SSSR count). The molecule has 3 unspecified atom stereocenters. The van der Waals surface area contributed by atoms with E-state index >= 15 is 0 Å². The molecule has 1 nitrogen and oxygen atoms in total. The summed E-state index contributed by atoms with van der Waals surface area (Å²) in [5.74, 6) is 2.66. The average molecular weight is 324 g/mol. The maximum atomic E-state index is 3.77. The van der Waals surface area contributed by atoms with Crippen LogP contribution in [0.25, 0.3) is 0 Å². The largest absolute Gasteiger partial charge is 0.313 e. The Kier molecular flexibility index (Phi) is 8.05. The molecule has 0 spiro atoms. The summed E-state index contributed by atoms with van der Waals surface area (Å²) in [5.41, 5.74) is 1.48. The molecule has 0 saturated carbocycles. The first kappa shape index (κ1) is 17.2. The van der Waals surface area contributed by atoms with Crippen LogP contribution in [0.15, 0.2) is 30.3 Å². The molecular formula is C18H29NS2. The highest BCUT2D eigenvalue weighted by atomic mass is 32.2. The normalized spacial score (nSPS) is 23.9. The quantitative estimate of drug-likeness (QED) is 0.750. The van der Waals surface area contributed by atoms with E-state index in [2.05, 4.69) is 73.0 Å². The Bertz CT molecular complexity index is 382. The molecule has 0 bridgehead atoms. The van der Waals surface area contributed by atoms with Gasteiger partial charge in [0.15, 0.2) is 0 Å². The fourth-order valence-corrected chi connectivity index (χ4v) is 6.43. The minimum Gasteiger partial charge on any atom is -0.313 e. The number of hydrogen-bond acceptors (Lipinski definition) is 3. The fraction of sp³-hybridized carbons (Fsp3) is 0.667. The lowest BCUT2D eigenvalue weighted by Crippen LogP contribution is -2.45. The van der Waals surface area contributed by atoms with Gasteiger partial charge in [0.1, 0.15) is 0 Å². The van der Waals surface area contributed by atoms with Crippen molar-refractivity contribution >= 4 is 23.5 Å². The molecule has 118 valence electrons. The van der Waals surface area contributed by atoms with E-state index in [1.54, 1.807) is 0 Å². The van der Waals surface area contributed by atoms with Crippen molar-refractivity contribution in [1.29, 1.82) is 0 Å². The molecule has 1 aliphatic rings. The minimum absolute atomic E-state index is 0.682. The van der Waals surface area contributed by atoms with Gasteiger partial charge in [-0.25, -0.2) is 0 Å².